The standard InChI is InChI=1S/C20H24BNO2/c1-19(2)20(3,4)24-21(23-19)16-10-11-17-15(12-16)13-18(22-17)14-8-6-5-7-9-14/h5-12,18,22H,13H2,1-4H3/t18-/m0/s1. The van der Waals surface area contributed by atoms with Gasteiger partial charge in [0.25, 0.3) is 0 Å². The minimum absolute atomic E-state index is 0.295. The summed E-state index contributed by atoms with van der Waals surface area (Å²) in [5.41, 5.74) is 4.36. The van der Waals surface area contributed by atoms with Crippen LogP contribution in [0.25, 0.3) is 0 Å². The van der Waals surface area contributed by atoms with Gasteiger partial charge in [-0.25, -0.2) is 0 Å². The SMILES string of the molecule is CC1(C)OB(c2ccc3c(c2)C[C@@H](c2ccccc2)N3)OC1(C)C. The van der Waals surface area contributed by atoms with Crippen LogP contribution in [0.1, 0.15) is 44.9 Å². The maximum absolute atomic E-state index is 6.18. The maximum Gasteiger partial charge on any atom is 0.494 e. The van der Waals surface area contributed by atoms with Gasteiger partial charge in [0.1, 0.15) is 0 Å². The fourth-order valence-electron chi connectivity index (χ4n) is 3.39. The molecule has 2 aliphatic rings. The van der Waals surface area contributed by atoms with Crippen molar-refractivity contribution in [2.45, 2.75) is 51.4 Å². The average molecular weight is 321 g/mol. The maximum atomic E-state index is 6.18. The van der Waals surface area contributed by atoms with E-state index in [2.05, 4.69) is 81.5 Å². The van der Waals surface area contributed by atoms with Gasteiger partial charge < -0.3 is 14.6 Å². The van der Waals surface area contributed by atoms with Crippen LogP contribution in [0.2, 0.25) is 0 Å². The minimum Gasteiger partial charge on any atom is -0.399 e. The monoisotopic (exact) mass is 321 g/mol. The predicted molar refractivity (Wildman–Crippen MR) is 98.7 cm³/mol. The van der Waals surface area contributed by atoms with E-state index < -0.39 is 0 Å². The summed E-state index contributed by atoms with van der Waals surface area (Å²) in [6, 6.07) is 17.4. The van der Waals surface area contributed by atoms with Crippen molar-refractivity contribution >= 4 is 18.3 Å². The number of anilines is 1. The van der Waals surface area contributed by atoms with Crippen LogP contribution < -0.4 is 10.8 Å². The number of fused-ring (bicyclic) bond motifs is 1. The summed E-state index contributed by atoms with van der Waals surface area (Å²) >= 11 is 0. The van der Waals surface area contributed by atoms with Gasteiger partial charge in [0.2, 0.25) is 0 Å². The molecule has 1 N–H and O–H groups in total. The lowest BCUT2D eigenvalue weighted by molar-refractivity contribution is 0.00578. The van der Waals surface area contributed by atoms with E-state index in [1.165, 1.54) is 16.8 Å². The van der Waals surface area contributed by atoms with Gasteiger partial charge in [0.15, 0.2) is 0 Å². The van der Waals surface area contributed by atoms with Crippen LogP contribution in [-0.4, -0.2) is 18.3 Å². The van der Waals surface area contributed by atoms with Gasteiger partial charge in [-0.2, -0.15) is 0 Å². The summed E-state index contributed by atoms with van der Waals surface area (Å²) in [6.45, 7) is 8.36. The molecule has 0 saturated carbocycles. The molecule has 2 aromatic rings. The summed E-state index contributed by atoms with van der Waals surface area (Å²) < 4.78 is 12.4. The minimum atomic E-state index is -0.304. The van der Waals surface area contributed by atoms with Gasteiger partial charge in [-0.15, -0.1) is 0 Å². The molecular formula is C20H24BNO2. The van der Waals surface area contributed by atoms with E-state index >= 15 is 0 Å². The van der Waals surface area contributed by atoms with E-state index in [0.717, 1.165) is 11.9 Å². The molecular weight excluding hydrogens is 297 g/mol. The predicted octanol–water partition coefficient (Wildman–Crippen LogP) is 3.70. The van der Waals surface area contributed by atoms with Gasteiger partial charge in [0.05, 0.1) is 17.2 Å². The fraction of sp³-hybridized carbons (Fsp3) is 0.400. The zero-order valence-corrected chi connectivity index (χ0v) is 14.8. The van der Waals surface area contributed by atoms with Crippen LogP contribution in [0.15, 0.2) is 48.5 Å². The van der Waals surface area contributed by atoms with Gasteiger partial charge >= 0.3 is 7.12 Å². The van der Waals surface area contributed by atoms with Crippen LogP contribution in [0.4, 0.5) is 5.69 Å². The number of rotatable bonds is 2. The van der Waals surface area contributed by atoms with Crippen LogP contribution in [-0.2, 0) is 15.7 Å². The van der Waals surface area contributed by atoms with Crippen molar-refractivity contribution in [2.75, 3.05) is 5.32 Å². The highest BCUT2D eigenvalue weighted by molar-refractivity contribution is 6.62. The third kappa shape index (κ3) is 2.54. The fourth-order valence-corrected chi connectivity index (χ4v) is 3.39. The third-order valence-corrected chi connectivity index (χ3v) is 5.61. The Balaban J connectivity index is 1.57. The van der Waals surface area contributed by atoms with Crippen LogP contribution in [0, 0.1) is 0 Å². The molecule has 0 amide bonds. The highest BCUT2D eigenvalue weighted by atomic mass is 16.7. The Bertz CT molecular complexity index is 741. The largest absolute Gasteiger partial charge is 0.494 e. The van der Waals surface area contributed by atoms with Gasteiger partial charge in [0, 0.05) is 5.69 Å². The van der Waals surface area contributed by atoms with Crippen molar-refractivity contribution in [2.24, 2.45) is 0 Å². The Morgan fingerprint density at radius 3 is 2.29 bits per heavy atom. The summed E-state index contributed by atoms with van der Waals surface area (Å²) in [7, 11) is -0.295. The first-order chi connectivity index (χ1) is 11.4. The molecule has 124 valence electrons. The molecule has 1 saturated heterocycles. The molecule has 0 aromatic heterocycles. The van der Waals surface area contributed by atoms with Crippen molar-refractivity contribution < 1.29 is 9.31 Å². The Labute approximate surface area is 144 Å². The van der Waals surface area contributed by atoms with E-state index in [1.807, 2.05) is 0 Å². The molecule has 4 rings (SSSR count). The lowest BCUT2D eigenvalue weighted by Gasteiger charge is -2.32. The van der Waals surface area contributed by atoms with E-state index in [1.54, 1.807) is 0 Å². The van der Waals surface area contributed by atoms with E-state index in [0.29, 0.717) is 6.04 Å². The molecule has 3 nitrogen and oxygen atoms in total. The average Bonchev–Trinajstić information content (AvgIpc) is 3.06. The number of hydrogen-bond acceptors (Lipinski definition) is 3. The number of hydrogen-bond donors (Lipinski definition) is 1. The van der Waals surface area contributed by atoms with Crippen molar-refractivity contribution in [3.05, 3.63) is 59.7 Å². The summed E-state index contributed by atoms with van der Waals surface area (Å²) in [5.74, 6) is 0. The molecule has 4 heteroatoms. The van der Waals surface area contributed by atoms with Crippen LogP contribution >= 0.6 is 0 Å². The van der Waals surface area contributed by atoms with Gasteiger partial charge in [-0.05, 0) is 56.8 Å². The Morgan fingerprint density at radius 1 is 0.958 bits per heavy atom. The van der Waals surface area contributed by atoms with Crippen LogP contribution in [0.3, 0.4) is 0 Å². The first kappa shape index (κ1) is 15.7. The van der Waals surface area contributed by atoms with E-state index in [9.17, 15) is 0 Å². The van der Waals surface area contributed by atoms with Crippen molar-refractivity contribution in [3.63, 3.8) is 0 Å². The Hall–Kier alpha value is -1.78. The third-order valence-electron chi connectivity index (χ3n) is 5.61. The van der Waals surface area contributed by atoms with Crippen molar-refractivity contribution in [3.8, 4) is 0 Å². The van der Waals surface area contributed by atoms with Crippen molar-refractivity contribution in [1.29, 1.82) is 0 Å². The molecule has 0 bridgehead atoms. The second-order valence-corrected chi connectivity index (χ2v) is 7.82. The Kier molecular flexibility index (Phi) is 3.52. The molecule has 24 heavy (non-hydrogen) atoms. The number of benzene rings is 2. The smallest absolute Gasteiger partial charge is 0.399 e. The topological polar surface area (TPSA) is 30.5 Å². The summed E-state index contributed by atoms with van der Waals surface area (Å²) in [5, 5.41) is 3.62. The first-order valence-electron chi connectivity index (χ1n) is 8.66. The highest BCUT2D eigenvalue weighted by Crippen LogP contribution is 2.38. The second kappa shape index (κ2) is 5.37. The van der Waals surface area contributed by atoms with E-state index in [-0.39, 0.29) is 18.3 Å². The molecule has 1 atom stereocenters. The zero-order chi connectivity index (χ0) is 16.9. The summed E-state index contributed by atoms with van der Waals surface area (Å²) in [4.78, 5) is 0. The molecule has 2 aliphatic heterocycles. The Morgan fingerprint density at radius 2 is 1.62 bits per heavy atom. The molecule has 0 radical (unpaired) electrons. The zero-order valence-electron chi connectivity index (χ0n) is 14.8. The second-order valence-electron chi connectivity index (χ2n) is 7.82. The lowest BCUT2D eigenvalue weighted by Crippen LogP contribution is -2.41. The van der Waals surface area contributed by atoms with Crippen LogP contribution in [0.5, 0.6) is 0 Å². The molecule has 0 spiro atoms. The van der Waals surface area contributed by atoms with E-state index in [4.69, 9.17) is 9.31 Å². The molecule has 2 heterocycles. The summed E-state index contributed by atoms with van der Waals surface area (Å²) in [6.07, 6.45) is 0.993. The highest BCUT2D eigenvalue weighted by Gasteiger charge is 2.51. The number of nitrogens with one attached hydrogen (secondary N) is 1. The van der Waals surface area contributed by atoms with Gasteiger partial charge in [-0.3, -0.25) is 0 Å². The van der Waals surface area contributed by atoms with Crippen molar-refractivity contribution in [1.82, 2.24) is 0 Å². The lowest BCUT2D eigenvalue weighted by atomic mass is 9.78. The molecule has 0 aliphatic carbocycles. The van der Waals surface area contributed by atoms with Gasteiger partial charge in [-0.1, -0.05) is 42.5 Å². The molecule has 1 fully saturated rings. The normalized spacial score (nSPS) is 23.8. The quantitative estimate of drug-likeness (QED) is 0.856. The molecule has 0 unspecified atom stereocenters. The first-order valence-corrected chi connectivity index (χ1v) is 8.66. The molecule has 2 aromatic carbocycles.